The van der Waals surface area contributed by atoms with Crippen LogP contribution in [0.4, 0.5) is 5.69 Å². The van der Waals surface area contributed by atoms with Gasteiger partial charge in [-0.05, 0) is 60.7 Å². The van der Waals surface area contributed by atoms with E-state index in [0.29, 0.717) is 22.0 Å². The molecule has 2 aromatic carbocycles. The maximum absolute atomic E-state index is 13.4. The number of ketones is 1. The molecule has 5 aromatic rings. The Labute approximate surface area is 193 Å². The van der Waals surface area contributed by atoms with E-state index in [1.807, 2.05) is 58.4 Å². The van der Waals surface area contributed by atoms with Gasteiger partial charge in [-0.3, -0.25) is 4.79 Å². The minimum absolute atomic E-state index is 0.168. The average Bonchev–Trinajstić information content (AvgIpc) is 3.41. The number of thiazole rings is 1. The van der Waals surface area contributed by atoms with Crippen molar-refractivity contribution in [3.05, 3.63) is 94.6 Å². The summed E-state index contributed by atoms with van der Waals surface area (Å²) in [5, 5.41) is 3.32. The van der Waals surface area contributed by atoms with Crippen LogP contribution in [-0.2, 0) is 0 Å². The zero-order valence-corrected chi connectivity index (χ0v) is 18.7. The zero-order chi connectivity index (χ0) is 22.2. The molecule has 3 aromatic heterocycles. The van der Waals surface area contributed by atoms with Crippen LogP contribution >= 0.6 is 22.9 Å². The third-order valence-corrected chi connectivity index (χ3v) is 6.42. The largest absolute Gasteiger partial charge is 0.497 e. The first-order valence-corrected chi connectivity index (χ1v) is 11.1. The molecule has 0 amide bonds. The average molecular weight is 460 g/mol. The van der Waals surface area contributed by atoms with E-state index >= 15 is 0 Å². The van der Waals surface area contributed by atoms with E-state index in [-0.39, 0.29) is 5.78 Å². The van der Waals surface area contributed by atoms with Crippen molar-refractivity contribution in [2.45, 2.75) is 0 Å². The highest BCUT2D eigenvalue weighted by atomic mass is 35.5. The summed E-state index contributed by atoms with van der Waals surface area (Å²) in [7, 11) is 1.64. The van der Waals surface area contributed by atoms with Gasteiger partial charge in [0.1, 0.15) is 16.5 Å². The van der Waals surface area contributed by atoms with Gasteiger partial charge >= 0.3 is 0 Å². The van der Waals surface area contributed by atoms with E-state index in [9.17, 15) is 4.79 Å². The van der Waals surface area contributed by atoms with Crippen molar-refractivity contribution < 1.29 is 9.53 Å². The number of ether oxygens (including phenoxy) is 1. The fraction of sp³-hybridized carbons (Fsp3) is 0.0400. The highest BCUT2D eigenvalue weighted by molar-refractivity contribution is 7.13. The number of fused-ring (bicyclic) bond motifs is 1. The number of carbonyl (C=O) groups excluding carboxylic acids is 1. The van der Waals surface area contributed by atoms with Crippen LogP contribution in [0.2, 0.25) is 5.02 Å². The number of anilines is 1. The number of nitrogen functional groups attached to an aromatic ring is 1. The van der Waals surface area contributed by atoms with Crippen LogP contribution in [0.3, 0.4) is 0 Å². The third kappa shape index (κ3) is 3.43. The quantitative estimate of drug-likeness (QED) is 0.317. The topological polar surface area (TPSA) is 69.6 Å². The maximum atomic E-state index is 13.4. The van der Waals surface area contributed by atoms with Crippen molar-refractivity contribution in [2.75, 3.05) is 12.8 Å². The molecular formula is C25H18ClN3O2S. The first-order valence-electron chi connectivity index (χ1n) is 9.86. The monoisotopic (exact) mass is 459 g/mol. The molecule has 2 N–H and O–H groups in total. The number of hydrogen-bond acceptors (Lipinski definition) is 5. The zero-order valence-electron chi connectivity index (χ0n) is 17.1. The highest BCUT2D eigenvalue weighted by Crippen LogP contribution is 2.39. The van der Waals surface area contributed by atoms with Gasteiger partial charge in [0.15, 0.2) is 0 Å². The van der Waals surface area contributed by atoms with Gasteiger partial charge < -0.3 is 14.9 Å². The molecule has 0 atom stereocenters. The molecular weight excluding hydrogens is 442 g/mol. The molecule has 0 bridgehead atoms. The van der Waals surface area contributed by atoms with Gasteiger partial charge in [0, 0.05) is 27.7 Å². The van der Waals surface area contributed by atoms with Crippen LogP contribution in [0.1, 0.15) is 16.1 Å². The normalized spacial score (nSPS) is 11.1. The first kappa shape index (κ1) is 20.3. The Hall–Kier alpha value is -3.61. The Morgan fingerprint density at radius 1 is 1.06 bits per heavy atom. The summed E-state index contributed by atoms with van der Waals surface area (Å²) in [5.74, 6) is 0.621. The lowest BCUT2D eigenvalue weighted by molar-refractivity contribution is 0.103. The van der Waals surface area contributed by atoms with Crippen LogP contribution in [0.5, 0.6) is 5.75 Å². The van der Waals surface area contributed by atoms with Crippen LogP contribution in [0.15, 0.2) is 78.3 Å². The lowest BCUT2D eigenvalue weighted by atomic mass is 10.1. The van der Waals surface area contributed by atoms with E-state index in [0.717, 1.165) is 33.1 Å². The van der Waals surface area contributed by atoms with Crippen LogP contribution in [0, 0.1) is 0 Å². The van der Waals surface area contributed by atoms with E-state index in [1.165, 1.54) is 11.3 Å². The smallest absolute Gasteiger partial charge is 0.211 e. The highest BCUT2D eigenvalue weighted by Gasteiger charge is 2.25. The number of carbonyl (C=O) groups is 1. The number of hydrogen-bond donors (Lipinski definition) is 1. The SMILES string of the molecule is COc1ccc(-c2csc(-c3c(N)c(C(=O)c4ccc(Cl)cc4)n4ccccc34)n2)cc1. The second-order valence-corrected chi connectivity index (χ2v) is 8.49. The molecule has 0 fully saturated rings. The number of methoxy groups -OCH3 is 1. The molecule has 158 valence electrons. The molecule has 0 aliphatic carbocycles. The number of halogens is 1. The van der Waals surface area contributed by atoms with E-state index in [2.05, 4.69) is 0 Å². The molecule has 0 saturated heterocycles. The van der Waals surface area contributed by atoms with Gasteiger partial charge in [0.05, 0.1) is 29.6 Å². The summed E-state index contributed by atoms with van der Waals surface area (Å²) < 4.78 is 7.06. The number of nitrogens with two attached hydrogens (primary N) is 1. The maximum Gasteiger partial charge on any atom is 0.211 e. The number of aromatic nitrogens is 2. The summed E-state index contributed by atoms with van der Waals surface area (Å²) in [5.41, 5.74) is 11.3. The van der Waals surface area contributed by atoms with Crippen molar-refractivity contribution in [1.29, 1.82) is 0 Å². The van der Waals surface area contributed by atoms with Crippen molar-refractivity contribution in [3.63, 3.8) is 0 Å². The van der Waals surface area contributed by atoms with Gasteiger partial charge in [-0.1, -0.05) is 17.7 Å². The number of benzene rings is 2. The summed E-state index contributed by atoms with van der Waals surface area (Å²) in [6.07, 6.45) is 1.84. The summed E-state index contributed by atoms with van der Waals surface area (Å²) in [6, 6.07) is 20.3. The van der Waals surface area contributed by atoms with Gasteiger partial charge in [-0.15, -0.1) is 11.3 Å². The van der Waals surface area contributed by atoms with Crippen LogP contribution < -0.4 is 10.5 Å². The summed E-state index contributed by atoms with van der Waals surface area (Å²) >= 11 is 7.48. The molecule has 0 aliphatic heterocycles. The molecule has 0 spiro atoms. The van der Waals surface area contributed by atoms with Crippen molar-refractivity contribution in [3.8, 4) is 27.6 Å². The molecule has 0 aliphatic rings. The molecule has 3 heterocycles. The Bertz CT molecular complexity index is 1440. The predicted octanol–water partition coefficient (Wildman–Crippen LogP) is 6.21. The van der Waals surface area contributed by atoms with E-state index < -0.39 is 0 Å². The second kappa shape index (κ2) is 8.15. The fourth-order valence-electron chi connectivity index (χ4n) is 3.71. The van der Waals surface area contributed by atoms with Gasteiger partial charge in [0.25, 0.3) is 0 Å². The van der Waals surface area contributed by atoms with Gasteiger partial charge in [0.2, 0.25) is 5.78 Å². The second-order valence-electron chi connectivity index (χ2n) is 7.20. The fourth-order valence-corrected chi connectivity index (χ4v) is 4.73. The van der Waals surface area contributed by atoms with E-state index in [4.69, 9.17) is 27.1 Å². The third-order valence-electron chi connectivity index (χ3n) is 5.31. The lowest BCUT2D eigenvalue weighted by Gasteiger charge is -2.04. The molecule has 0 saturated carbocycles. The molecule has 0 unspecified atom stereocenters. The first-order chi connectivity index (χ1) is 15.6. The molecule has 7 heteroatoms. The summed E-state index contributed by atoms with van der Waals surface area (Å²) in [4.78, 5) is 18.2. The van der Waals surface area contributed by atoms with Crippen molar-refractivity contribution in [1.82, 2.24) is 9.38 Å². The Morgan fingerprint density at radius 2 is 1.81 bits per heavy atom. The Morgan fingerprint density at radius 3 is 2.53 bits per heavy atom. The number of rotatable bonds is 5. The van der Waals surface area contributed by atoms with Crippen molar-refractivity contribution >= 4 is 39.9 Å². The van der Waals surface area contributed by atoms with Crippen molar-refractivity contribution in [2.24, 2.45) is 0 Å². The minimum atomic E-state index is -0.168. The molecule has 5 nitrogen and oxygen atoms in total. The minimum Gasteiger partial charge on any atom is -0.497 e. The van der Waals surface area contributed by atoms with Gasteiger partial charge in [-0.25, -0.2) is 4.98 Å². The predicted molar refractivity (Wildman–Crippen MR) is 130 cm³/mol. The number of pyridine rings is 1. The molecule has 32 heavy (non-hydrogen) atoms. The van der Waals surface area contributed by atoms with Gasteiger partial charge in [-0.2, -0.15) is 0 Å². The standard InChI is InChI=1S/C25H18ClN3O2S/c1-31-18-11-7-15(8-12-18)19-14-32-25(28-19)21-20-4-2-3-13-29(20)23(22(21)27)24(30)16-5-9-17(26)10-6-16/h2-14H,27H2,1H3. The van der Waals surface area contributed by atoms with Crippen LogP contribution in [0.25, 0.3) is 27.3 Å². The Balaban J connectivity index is 1.63. The summed E-state index contributed by atoms with van der Waals surface area (Å²) in [6.45, 7) is 0. The lowest BCUT2D eigenvalue weighted by Crippen LogP contribution is -2.07. The molecule has 5 rings (SSSR count). The van der Waals surface area contributed by atoms with Crippen LogP contribution in [-0.4, -0.2) is 22.3 Å². The number of nitrogens with zero attached hydrogens (tertiary/aromatic N) is 2. The molecule has 0 radical (unpaired) electrons. The Kier molecular flexibility index (Phi) is 5.17. The van der Waals surface area contributed by atoms with E-state index in [1.54, 1.807) is 31.4 Å².